The topological polar surface area (TPSA) is 43.4 Å². The van der Waals surface area contributed by atoms with Gasteiger partial charge in [-0.2, -0.15) is 0 Å². The van der Waals surface area contributed by atoms with Crippen LogP contribution in [-0.2, 0) is 11.3 Å². The van der Waals surface area contributed by atoms with E-state index in [1.165, 1.54) is 25.7 Å². The molecule has 2 heterocycles. The molecule has 1 atom stereocenters. The van der Waals surface area contributed by atoms with Crippen molar-refractivity contribution in [3.05, 3.63) is 22.3 Å². The Bertz CT molecular complexity index is 445. The monoisotopic (exact) mass is 340 g/mol. The van der Waals surface area contributed by atoms with Gasteiger partial charge >= 0.3 is 0 Å². The molecule has 1 saturated carbocycles. The third-order valence-corrected chi connectivity index (χ3v) is 4.16. The second-order valence-corrected chi connectivity index (χ2v) is 6.49. The zero-order chi connectivity index (χ0) is 13.8. The predicted molar refractivity (Wildman–Crippen MR) is 80.9 cm³/mol. The van der Waals surface area contributed by atoms with E-state index in [1.54, 1.807) is 6.20 Å². The van der Waals surface area contributed by atoms with Gasteiger partial charge in [-0.25, -0.2) is 4.98 Å². The van der Waals surface area contributed by atoms with E-state index in [9.17, 15) is 0 Å². The van der Waals surface area contributed by atoms with Crippen molar-refractivity contribution in [2.45, 2.75) is 50.8 Å². The Morgan fingerprint density at radius 1 is 1.35 bits per heavy atom. The van der Waals surface area contributed by atoms with E-state index in [-0.39, 0.29) is 6.10 Å². The Labute approximate surface area is 128 Å². The SMILES string of the molecule is Brc1cnc(OCC2CCCCO2)c(CNC2CC2)c1. The van der Waals surface area contributed by atoms with Crippen LogP contribution in [0.1, 0.15) is 37.7 Å². The predicted octanol–water partition coefficient (Wildman–Crippen LogP) is 3.04. The van der Waals surface area contributed by atoms with E-state index < -0.39 is 0 Å². The average molecular weight is 341 g/mol. The molecule has 0 aromatic carbocycles. The number of aromatic nitrogens is 1. The molecule has 0 bridgehead atoms. The third-order valence-electron chi connectivity index (χ3n) is 3.73. The maximum Gasteiger partial charge on any atom is 0.217 e. The summed E-state index contributed by atoms with van der Waals surface area (Å²) in [5.41, 5.74) is 1.11. The first-order valence-electron chi connectivity index (χ1n) is 7.43. The lowest BCUT2D eigenvalue weighted by Crippen LogP contribution is -2.26. The van der Waals surface area contributed by atoms with E-state index in [0.29, 0.717) is 12.6 Å². The van der Waals surface area contributed by atoms with Gasteiger partial charge in [0.25, 0.3) is 0 Å². The average Bonchev–Trinajstić information content (AvgIpc) is 3.29. The van der Waals surface area contributed by atoms with Crippen LogP contribution in [0.3, 0.4) is 0 Å². The van der Waals surface area contributed by atoms with Crippen molar-refractivity contribution in [3.63, 3.8) is 0 Å². The minimum absolute atomic E-state index is 0.221. The summed E-state index contributed by atoms with van der Waals surface area (Å²) in [7, 11) is 0. The van der Waals surface area contributed by atoms with Crippen molar-refractivity contribution in [2.24, 2.45) is 0 Å². The first-order chi connectivity index (χ1) is 9.81. The lowest BCUT2D eigenvalue weighted by Gasteiger charge is -2.23. The van der Waals surface area contributed by atoms with Crippen LogP contribution >= 0.6 is 15.9 Å². The number of nitrogens with one attached hydrogen (secondary N) is 1. The van der Waals surface area contributed by atoms with Crippen LogP contribution < -0.4 is 10.1 Å². The van der Waals surface area contributed by atoms with Crippen LogP contribution in [-0.4, -0.2) is 30.3 Å². The molecule has 1 N–H and O–H groups in total. The number of hydrogen-bond donors (Lipinski definition) is 1. The summed E-state index contributed by atoms with van der Waals surface area (Å²) in [5.74, 6) is 0.732. The van der Waals surface area contributed by atoms with Crippen molar-refractivity contribution < 1.29 is 9.47 Å². The molecule has 0 amide bonds. The fraction of sp³-hybridized carbons (Fsp3) is 0.667. The van der Waals surface area contributed by atoms with E-state index in [4.69, 9.17) is 9.47 Å². The van der Waals surface area contributed by atoms with E-state index in [1.807, 2.05) is 0 Å². The first kappa shape index (κ1) is 14.3. The molecule has 1 unspecified atom stereocenters. The first-order valence-corrected chi connectivity index (χ1v) is 8.23. The van der Waals surface area contributed by atoms with E-state index >= 15 is 0 Å². The van der Waals surface area contributed by atoms with Crippen molar-refractivity contribution >= 4 is 15.9 Å². The number of rotatable bonds is 6. The van der Waals surface area contributed by atoms with Gasteiger partial charge < -0.3 is 14.8 Å². The van der Waals surface area contributed by atoms with Gasteiger partial charge in [-0.3, -0.25) is 0 Å². The molecule has 110 valence electrons. The van der Waals surface area contributed by atoms with Crippen LogP contribution in [0.4, 0.5) is 0 Å². The lowest BCUT2D eigenvalue weighted by molar-refractivity contribution is -0.0121. The minimum Gasteiger partial charge on any atom is -0.475 e. The van der Waals surface area contributed by atoms with Gasteiger partial charge in [0.15, 0.2) is 0 Å². The van der Waals surface area contributed by atoms with Gasteiger partial charge in [0, 0.05) is 35.4 Å². The smallest absolute Gasteiger partial charge is 0.217 e. The highest BCUT2D eigenvalue weighted by atomic mass is 79.9. The van der Waals surface area contributed by atoms with Gasteiger partial charge in [0.2, 0.25) is 5.88 Å². The zero-order valence-electron chi connectivity index (χ0n) is 11.6. The van der Waals surface area contributed by atoms with Gasteiger partial charge in [-0.05, 0) is 54.1 Å². The minimum atomic E-state index is 0.221. The van der Waals surface area contributed by atoms with Crippen LogP contribution in [0.15, 0.2) is 16.7 Å². The number of halogens is 1. The largest absolute Gasteiger partial charge is 0.475 e. The summed E-state index contributed by atoms with van der Waals surface area (Å²) in [6.07, 6.45) is 8.07. The molecule has 20 heavy (non-hydrogen) atoms. The Morgan fingerprint density at radius 3 is 3.00 bits per heavy atom. The maximum absolute atomic E-state index is 5.89. The Hall–Kier alpha value is -0.650. The number of nitrogens with zero attached hydrogens (tertiary/aromatic N) is 1. The highest BCUT2D eigenvalue weighted by Gasteiger charge is 2.21. The van der Waals surface area contributed by atoms with Crippen LogP contribution in [0.25, 0.3) is 0 Å². The number of hydrogen-bond acceptors (Lipinski definition) is 4. The van der Waals surface area contributed by atoms with Crippen LogP contribution in [0, 0.1) is 0 Å². The van der Waals surface area contributed by atoms with Crippen LogP contribution in [0.2, 0.25) is 0 Å². The molecule has 1 aromatic heterocycles. The molecule has 2 fully saturated rings. The summed E-state index contributed by atoms with van der Waals surface area (Å²) >= 11 is 3.48. The Balaban J connectivity index is 1.58. The Morgan fingerprint density at radius 2 is 2.25 bits per heavy atom. The summed E-state index contributed by atoms with van der Waals surface area (Å²) in [6, 6.07) is 2.77. The summed E-state index contributed by atoms with van der Waals surface area (Å²) in [5, 5.41) is 3.51. The maximum atomic E-state index is 5.89. The molecule has 1 aliphatic heterocycles. The van der Waals surface area contributed by atoms with Gasteiger partial charge in [-0.1, -0.05) is 0 Å². The van der Waals surface area contributed by atoms with Crippen LogP contribution in [0.5, 0.6) is 5.88 Å². The molecule has 4 nitrogen and oxygen atoms in total. The molecule has 1 saturated heterocycles. The molecule has 2 aliphatic rings. The van der Waals surface area contributed by atoms with Crippen molar-refractivity contribution in [1.82, 2.24) is 10.3 Å². The number of pyridine rings is 1. The van der Waals surface area contributed by atoms with Crippen molar-refractivity contribution in [3.8, 4) is 5.88 Å². The standard InChI is InChI=1S/C15H21BrN2O2/c16-12-7-11(8-17-13-4-5-13)15(18-9-12)20-10-14-3-1-2-6-19-14/h7,9,13-14,17H,1-6,8,10H2. The molecule has 0 spiro atoms. The third kappa shape index (κ3) is 4.17. The summed E-state index contributed by atoms with van der Waals surface area (Å²) < 4.78 is 12.6. The lowest BCUT2D eigenvalue weighted by atomic mass is 10.1. The summed E-state index contributed by atoms with van der Waals surface area (Å²) in [6.45, 7) is 2.28. The molecule has 5 heteroatoms. The summed E-state index contributed by atoms with van der Waals surface area (Å²) in [4.78, 5) is 4.40. The number of ether oxygens (including phenoxy) is 2. The second-order valence-electron chi connectivity index (χ2n) is 5.57. The fourth-order valence-electron chi connectivity index (χ4n) is 2.38. The molecule has 0 radical (unpaired) electrons. The van der Waals surface area contributed by atoms with E-state index in [0.717, 1.165) is 35.5 Å². The van der Waals surface area contributed by atoms with E-state index in [2.05, 4.69) is 32.3 Å². The highest BCUT2D eigenvalue weighted by Crippen LogP contribution is 2.24. The van der Waals surface area contributed by atoms with Gasteiger partial charge in [0.1, 0.15) is 6.61 Å². The molecule has 1 aromatic rings. The second kappa shape index (κ2) is 6.87. The zero-order valence-corrected chi connectivity index (χ0v) is 13.2. The van der Waals surface area contributed by atoms with Crippen molar-refractivity contribution in [2.75, 3.05) is 13.2 Å². The Kier molecular flexibility index (Phi) is 4.91. The molecule has 3 rings (SSSR count). The molecular formula is C15H21BrN2O2. The van der Waals surface area contributed by atoms with Gasteiger partial charge in [-0.15, -0.1) is 0 Å². The molecular weight excluding hydrogens is 320 g/mol. The molecule has 1 aliphatic carbocycles. The quantitative estimate of drug-likeness (QED) is 0.864. The highest BCUT2D eigenvalue weighted by molar-refractivity contribution is 9.10. The van der Waals surface area contributed by atoms with Gasteiger partial charge in [0.05, 0.1) is 6.10 Å². The van der Waals surface area contributed by atoms with Crippen molar-refractivity contribution in [1.29, 1.82) is 0 Å². The normalized spacial score (nSPS) is 22.8. The fourth-order valence-corrected chi connectivity index (χ4v) is 2.76.